The van der Waals surface area contributed by atoms with E-state index < -0.39 is 0 Å². The molecule has 1 fully saturated rings. The predicted octanol–water partition coefficient (Wildman–Crippen LogP) is 2.59. The van der Waals surface area contributed by atoms with Crippen LogP contribution in [0.15, 0.2) is 11.4 Å². The second-order valence-electron chi connectivity index (χ2n) is 6.26. The number of hydrogen-bond acceptors (Lipinski definition) is 6. The lowest BCUT2D eigenvalue weighted by molar-refractivity contribution is 0.407. The van der Waals surface area contributed by atoms with Crippen LogP contribution in [-0.4, -0.2) is 39.9 Å². The van der Waals surface area contributed by atoms with Crippen molar-refractivity contribution in [2.45, 2.75) is 43.5 Å². The summed E-state index contributed by atoms with van der Waals surface area (Å²) >= 11 is 1.68. The zero-order chi connectivity index (χ0) is 17.1. The highest BCUT2D eigenvalue weighted by Crippen LogP contribution is 2.30. The molecule has 0 amide bonds. The first-order chi connectivity index (χ1) is 11.6. The number of thioether (sulfide) groups is 1. The number of aryl methyl sites for hydroxylation is 1. The van der Waals surface area contributed by atoms with Gasteiger partial charge in [-0.1, -0.05) is 11.8 Å². The largest absolute Gasteiger partial charge is 0.496 e. The third kappa shape index (κ3) is 3.42. The molecule has 1 saturated heterocycles. The minimum Gasteiger partial charge on any atom is -0.496 e. The van der Waals surface area contributed by atoms with Gasteiger partial charge in [-0.25, -0.2) is 0 Å². The maximum Gasteiger partial charge on any atom is 0.191 e. The molecule has 24 heavy (non-hydrogen) atoms. The van der Waals surface area contributed by atoms with Gasteiger partial charge in [0, 0.05) is 36.0 Å². The van der Waals surface area contributed by atoms with Gasteiger partial charge < -0.3 is 14.6 Å². The van der Waals surface area contributed by atoms with Gasteiger partial charge in [-0.15, -0.1) is 10.2 Å². The molecule has 0 atom stereocenters. The second-order valence-corrected chi connectivity index (χ2v) is 7.20. The van der Waals surface area contributed by atoms with Crippen LogP contribution in [0, 0.1) is 13.8 Å². The zero-order valence-electron chi connectivity index (χ0n) is 14.8. The Balaban J connectivity index is 1.72. The van der Waals surface area contributed by atoms with Gasteiger partial charge in [-0.3, -0.25) is 4.98 Å². The van der Waals surface area contributed by atoms with Crippen LogP contribution in [0.4, 0.5) is 0 Å². The van der Waals surface area contributed by atoms with Gasteiger partial charge in [0.25, 0.3) is 0 Å². The predicted molar refractivity (Wildman–Crippen MR) is 95.7 cm³/mol. The van der Waals surface area contributed by atoms with Crippen molar-refractivity contribution in [3.63, 3.8) is 0 Å². The van der Waals surface area contributed by atoms with E-state index in [4.69, 9.17) is 4.74 Å². The van der Waals surface area contributed by atoms with Crippen LogP contribution >= 0.6 is 11.8 Å². The van der Waals surface area contributed by atoms with Crippen molar-refractivity contribution >= 4 is 11.8 Å². The summed E-state index contributed by atoms with van der Waals surface area (Å²) in [6.45, 7) is 6.20. The molecule has 1 aliphatic heterocycles. The molecule has 0 spiro atoms. The molecule has 0 saturated carbocycles. The first kappa shape index (κ1) is 17.2. The number of hydrogen-bond donors (Lipinski definition) is 1. The number of rotatable bonds is 5. The second kappa shape index (κ2) is 7.53. The van der Waals surface area contributed by atoms with Crippen molar-refractivity contribution in [2.24, 2.45) is 7.05 Å². The molecule has 0 bridgehead atoms. The summed E-state index contributed by atoms with van der Waals surface area (Å²) in [6, 6.07) is 0. The highest BCUT2D eigenvalue weighted by Gasteiger charge is 2.22. The van der Waals surface area contributed by atoms with Crippen LogP contribution in [0.25, 0.3) is 0 Å². The highest BCUT2D eigenvalue weighted by molar-refractivity contribution is 7.98. The number of pyridine rings is 1. The molecule has 0 aromatic carbocycles. The van der Waals surface area contributed by atoms with E-state index in [1.165, 1.54) is 0 Å². The number of piperidine rings is 1. The molecule has 3 rings (SSSR count). The van der Waals surface area contributed by atoms with Gasteiger partial charge in [-0.05, 0) is 39.8 Å². The van der Waals surface area contributed by atoms with Crippen LogP contribution < -0.4 is 10.1 Å². The van der Waals surface area contributed by atoms with Gasteiger partial charge >= 0.3 is 0 Å². The van der Waals surface area contributed by atoms with Crippen molar-refractivity contribution in [2.75, 3.05) is 20.2 Å². The number of nitrogens with zero attached hydrogens (tertiary/aromatic N) is 4. The molecule has 2 aromatic heterocycles. The Bertz CT molecular complexity index is 709. The zero-order valence-corrected chi connectivity index (χ0v) is 15.6. The fourth-order valence-corrected chi connectivity index (χ4v) is 4.18. The van der Waals surface area contributed by atoms with E-state index >= 15 is 0 Å². The van der Waals surface area contributed by atoms with Crippen molar-refractivity contribution < 1.29 is 4.74 Å². The summed E-state index contributed by atoms with van der Waals surface area (Å²) in [4.78, 5) is 4.56. The Kier molecular flexibility index (Phi) is 5.40. The number of aromatic nitrogens is 4. The summed E-state index contributed by atoms with van der Waals surface area (Å²) in [5.74, 6) is 3.30. The van der Waals surface area contributed by atoms with Crippen LogP contribution in [0.5, 0.6) is 5.75 Å². The average Bonchev–Trinajstić information content (AvgIpc) is 2.96. The molecule has 6 nitrogen and oxygen atoms in total. The first-order valence-corrected chi connectivity index (χ1v) is 9.32. The van der Waals surface area contributed by atoms with Crippen molar-refractivity contribution in [1.82, 2.24) is 25.1 Å². The molecule has 0 unspecified atom stereocenters. The molecule has 0 radical (unpaired) electrons. The standard InChI is InChI=1S/C17H25N5OS/c1-11-9-19-14(12(2)15(11)23-4)10-24-17-21-20-16(22(17)3)13-5-7-18-8-6-13/h9,13,18H,5-8,10H2,1-4H3. The SMILES string of the molecule is COc1c(C)cnc(CSc2nnc(C3CCNCC3)n2C)c1C. The highest BCUT2D eigenvalue weighted by atomic mass is 32.2. The Hall–Kier alpha value is -1.60. The minimum atomic E-state index is 0.512. The van der Waals surface area contributed by atoms with Crippen molar-refractivity contribution in [1.29, 1.82) is 0 Å². The van der Waals surface area contributed by atoms with Crippen molar-refractivity contribution in [3.8, 4) is 5.75 Å². The molecule has 0 aliphatic carbocycles. The molecule has 1 aliphatic rings. The van der Waals surface area contributed by atoms with E-state index in [-0.39, 0.29) is 0 Å². The number of methoxy groups -OCH3 is 1. The normalized spacial score (nSPS) is 15.7. The Labute approximate surface area is 147 Å². The third-order valence-corrected chi connectivity index (χ3v) is 5.69. The number of nitrogens with one attached hydrogen (secondary N) is 1. The maximum atomic E-state index is 5.49. The van der Waals surface area contributed by atoms with Gasteiger partial charge in [0.15, 0.2) is 5.16 Å². The molecule has 7 heteroatoms. The van der Waals surface area contributed by atoms with Gasteiger partial charge in [0.05, 0.1) is 12.8 Å². The van der Waals surface area contributed by atoms with Gasteiger partial charge in [0.1, 0.15) is 11.6 Å². The van der Waals surface area contributed by atoms with Crippen LogP contribution in [0.3, 0.4) is 0 Å². The van der Waals surface area contributed by atoms with E-state index in [0.29, 0.717) is 5.92 Å². The Morgan fingerprint density at radius 1 is 1.29 bits per heavy atom. The van der Waals surface area contributed by atoms with Gasteiger partial charge in [0.2, 0.25) is 0 Å². The quantitative estimate of drug-likeness (QED) is 0.839. The molecular weight excluding hydrogens is 322 g/mol. The maximum absolute atomic E-state index is 5.49. The molecule has 1 N–H and O–H groups in total. The van der Waals surface area contributed by atoms with Gasteiger partial charge in [-0.2, -0.15) is 0 Å². The lowest BCUT2D eigenvalue weighted by Gasteiger charge is -2.21. The van der Waals surface area contributed by atoms with Crippen molar-refractivity contribution in [3.05, 3.63) is 28.8 Å². The van der Waals surface area contributed by atoms with E-state index in [0.717, 1.165) is 65.2 Å². The summed E-state index contributed by atoms with van der Waals surface area (Å²) < 4.78 is 7.63. The van der Waals surface area contributed by atoms with Crippen LogP contribution in [0.2, 0.25) is 0 Å². The molecular formula is C17H25N5OS. The van der Waals surface area contributed by atoms with E-state index in [1.807, 2.05) is 13.1 Å². The average molecular weight is 347 g/mol. The number of ether oxygens (including phenoxy) is 1. The fraction of sp³-hybridized carbons (Fsp3) is 0.588. The van der Waals surface area contributed by atoms with E-state index in [9.17, 15) is 0 Å². The molecule has 130 valence electrons. The van der Waals surface area contributed by atoms with Crippen LogP contribution in [-0.2, 0) is 12.8 Å². The third-order valence-electron chi connectivity index (χ3n) is 4.66. The Morgan fingerprint density at radius 2 is 2.04 bits per heavy atom. The minimum absolute atomic E-state index is 0.512. The molecule has 3 heterocycles. The van der Waals surface area contributed by atoms with E-state index in [1.54, 1.807) is 18.9 Å². The Morgan fingerprint density at radius 3 is 2.75 bits per heavy atom. The van der Waals surface area contributed by atoms with E-state index in [2.05, 4.69) is 39.0 Å². The monoisotopic (exact) mass is 347 g/mol. The smallest absolute Gasteiger partial charge is 0.191 e. The molecule has 2 aromatic rings. The first-order valence-electron chi connectivity index (χ1n) is 8.33. The lowest BCUT2D eigenvalue weighted by Crippen LogP contribution is -2.27. The lowest BCUT2D eigenvalue weighted by atomic mass is 9.97. The summed E-state index contributed by atoms with van der Waals surface area (Å²) in [5, 5.41) is 13.2. The summed E-state index contributed by atoms with van der Waals surface area (Å²) in [5.41, 5.74) is 3.20. The summed E-state index contributed by atoms with van der Waals surface area (Å²) in [6.07, 6.45) is 4.14. The van der Waals surface area contributed by atoms with Crippen LogP contribution in [0.1, 0.15) is 41.4 Å². The summed E-state index contributed by atoms with van der Waals surface area (Å²) in [7, 11) is 3.77. The fourth-order valence-electron chi connectivity index (χ4n) is 3.24. The topological polar surface area (TPSA) is 64.9 Å².